The van der Waals surface area contributed by atoms with E-state index in [1.807, 2.05) is 30.9 Å². The maximum absolute atomic E-state index is 12.6. The molecule has 5 heteroatoms. The minimum atomic E-state index is 0.103. The third kappa shape index (κ3) is 3.01. The number of rotatable bonds is 3. The highest BCUT2D eigenvalue weighted by atomic mass is 35.5. The average molecular weight is 323 g/mol. The molecule has 0 N–H and O–H groups in total. The minimum Gasteiger partial charge on any atom is -0.351 e. The Bertz CT molecular complexity index is 650. The van der Waals surface area contributed by atoms with Gasteiger partial charge in [-0.2, -0.15) is 0 Å². The molecule has 0 atom stereocenters. The second-order valence-corrected chi connectivity index (χ2v) is 7.26. The van der Waals surface area contributed by atoms with Gasteiger partial charge >= 0.3 is 0 Å². The van der Waals surface area contributed by atoms with E-state index < -0.39 is 0 Å². The molecule has 0 saturated carbocycles. The summed E-state index contributed by atoms with van der Waals surface area (Å²) in [6.07, 6.45) is 6.60. The quantitative estimate of drug-likeness (QED) is 0.841. The second-order valence-electron chi connectivity index (χ2n) is 5.69. The van der Waals surface area contributed by atoms with Crippen LogP contribution >= 0.6 is 22.9 Å². The summed E-state index contributed by atoms with van der Waals surface area (Å²) in [5.41, 5.74) is 2.42. The van der Waals surface area contributed by atoms with Gasteiger partial charge in [-0.05, 0) is 43.4 Å². The van der Waals surface area contributed by atoms with E-state index >= 15 is 0 Å². The first kappa shape index (κ1) is 14.7. The summed E-state index contributed by atoms with van der Waals surface area (Å²) in [4.78, 5) is 16.6. The van der Waals surface area contributed by atoms with Crippen LogP contribution < -0.4 is 0 Å². The van der Waals surface area contributed by atoms with Crippen LogP contribution in [-0.2, 0) is 26.4 Å². The van der Waals surface area contributed by atoms with Crippen LogP contribution in [0.4, 0.5) is 0 Å². The van der Waals surface area contributed by atoms with Crippen LogP contribution in [0.5, 0.6) is 0 Å². The zero-order valence-electron chi connectivity index (χ0n) is 12.4. The lowest BCUT2D eigenvalue weighted by atomic mass is 9.99. The zero-order valence-corrected chi connectivity index (χ0v) is 13.9. The number of aromatic nitrogens is 1. The fourth-order valence-corrected chi connectivity index (χ4v) is 4.34. The van der Waals surface area contributed by atoms with Crippen molar-refractivity contribution >= 4 is 28.8 Å². The van der Waals surface area contributed by atoms with Gasteiger partial charge in [0.05, 0.1) is 16.4 Å². The van der Waals surface area contributed by atoms with Crippen molar-refractivity contribution in [2.24, 2.45) is 7.05 Å². The number of halogens is 1. The van der Waals surface area contributed by atoms with Gasteiger partial charge in [-0.25, -0.2) is 0 Å². The smallest absolute Gasteiger partial charge is 0.264 e. The summed E-state index contributed by atoms with van der Waals surface area (Å²) >= 11 is 7.66. The molecule has 2 heterocycles. The van der Waals surface area contributed by atoms with Crippen molar-refractivity contribution in [1.29, 1.82) is 0 Å². The average Bonchev–Trinajstić information content (AvgIpc) is 3.01. The van der Waals surface area contributed by atoms with Crippen molar-refractivity contribution in [3.05, 3.63) is 44.4 Å². The summed E-state index contributed by atoms with van der Waals surface area (Å²) in [6.45, 7) is 0.574. The SMILES string of the molecule is CN(Cc1cc(Cl)cn1C)C(=O)c1cc2c(s1)CCCC2. The van der Waals surface area contributed by atoms with E-state index in [1.165, 1.54) is 23.3 Å². The Hall–Kier alpha value is -1.26. The van der Waals surface area contributed by atoms with Crippen LogP contribution in [0.15, 0.2) is 18.3 Å². The van der Waals surface area contributed by atoms with E-state index in [2.05, 4.69) is 6.07 Å². The van der Waals surface area contributed by atoms with Crippen LogP contribution in [-0.4, -0.2) is 22.4 Å². The third-order valence-electron chi connectivity index (χ3n) is 4.03. The molecule has 112 valence electrons. The summed E-state index contributed by atoms with van der Waals surface area (Å²) in [5.74, 6) is 0.103. The molecule has 21 heavy (non-hydrogen) atoms. The molecule has 0 spiro atoms. The summed E-state index contributed by atoms with van der Waals surface area (Å²) in [5, 5.41) is 0.708. The van der Waals surface area contributed by atoms with Gasteiger partial charge in [-0.1, -0.05) is 11.6 Å². The van der Waals surface area contributed by atoms with Crippen LogP contribution in [0.25, 0.3) is 0 Å². The largest absolute Gasteiger partial charge is 0.351 e. The molecule has 0 radical (unpaired) electrons. The summed E-state index contributed by atoms with van der Waals surface area (Å²) < 4.78 is 1.96. The van der Waals surface area contributed by atoms with Crippen LogP contribution in [0.3, 0.4) is 0 Å². The van der Waals surface area contributed by atoms with Gasteiger partial charge in [0.1, 0.15) is 0 Å². The van der Waals surface area contributed by atoms with E-state index in [0.29, 0.717) is 11.6 Å². The fourth-order valence-electron chi connectivity index (χ4n) is 2.82. The number of nitrogens with zero attached hydrogens (tertiary/aromatic N) is 2. The minimum absolute atomic E-state index is 0.103. The lowest BCUT2D eigenvalue weighted by Crippen LogP contribution is -2.26. The molecule has 0 unspecified atom stereocenters. The Balaban J connectivity index is 1.75. The van der Waals surface area contributed by atoms with E-state index in [9.17, 15) is 4.79 Å². The molecule has 0 saturated heterocycles. The Kier molecular flexibility index (Phi) is 4.09. The number of fused-ring (bicyclic) bond motifs is 1. The third-order valence-corrected chi connectivity index (χ3v) is 5.46. The van der Waals surface area contributed by atoms with Crippen LogP contribution in [0.2, 0.25) is 5.02 Å². The molecule has 3 nitrogen and oxygen atoms in total. The lowest BCUT2D eigenvalue weighted by Gasteiger charge is -2.16. The van der Waals surface area contributed by atoms with Gasteiger partial charge < -0.3 is 9.47 Å². The van der Waals surface area contributed by atoms with E-state index in [1.54, 1.807) is 16.2 Å². The number of carbonyl (C=O) groups is 1. The van der Waals surface area contributed by atoms with Crippen molar-refractivity contribution in [3.63, 3.8) is 0 Å². The number of carbonyl (C=O) groups excluding carboxylic acids is 1. The van der Waals surface area contributed by atoms with Crippen molar-refractivity contribution in [3.8, 4) is 0 Å². The van der Waals surface area contributed by atoms with E-state index in [4.69, 9.17) is 11.6 Å². The number of hydrogen-bond acceptors (Lipinski definition) is 2. The second kappa shape index (κ2) is 5.85. The molecule has 0 bridgehead atoms. The van der Waals surface area contributed by atoms with Crippen LogP contribution in [0.1, 0.15) is 38.6 Å². The fraction of sp³-hybridized carbons (Fsp3) is 0.438. The maximum atomic E-state index is 12.6. The first-order chi connectivity index (χ1) is 10.0. The molecule has 0 aliphatic heterocycles. The highest BCUT2D eigenvalue weighted by Crippen LogP contribution is 2.30. The Morgan fingerprint density at radius 2 is 2.14 bits per heavy atom. The molecular formula is C16H19ClN2OS. The molecular weight excluding hydrogens is 304 g/mol. The van der Waals surface area contributed by atoms with Gasteiger partial charge in [0.15, 0.2) is 0 Å². The summed E-state index contributed by atoms with van der Waals surface area (Å²) in [6, 6.07) is 4.00. The monoisotopic (exact) mass is 322 g/mol. The topological polar surface area (TPSA) is 25.2 Å². The first-order valence-electron chi connectivity index (χ1n) is 7.22. The highest BCUT2D eigenvalue weighted by Gasteiger charge is 2.20. The predicted octanol–water partition coefficient (Wildman–Crippen LogP) is 3.89. The van der Waals surface area contributed by atoms with Gasteiger partial charge in [0.2, 0.25) is 0 Å². The first-order valence-corrected chi connectivity index (χ1v) is 8.42. The molecule has 3 rings (SSSR count). The van der Waals surface area contributed by atoms with Crippen LogP contribution in [0, 0.1) is 0 Å². The highest BCUT2D eigenvalue weighted by molar-refractivity contribution is 7.14. The van der Waals surface area contributed by atoms with Gasteiger partial charge in [-0.3, -0.25) is 4.79 Å². The maximum Gasteiger partial charge on any atom is 0.264 e. The molecule has 1 aliphatic rings. The summed E-state index contributed by atoms with van der Waals surface area (Å²) in [7, 11) is 3.80. The lowest BCUT2D eigenvalue weighted by molar-refractivity contribution is 0.0787. The van der Waals surface area contributed by atoms with Crippen molar-refractivity contribution < 1.29 is 4.79 Å². The van der Waals surface area contributed by atoms with Gasteiger partial charge in [-0.15, -0.1) is 11.3 Å². The van der Waals surface area contributed by atoms with E-state index in [0.717, 1.165) is 23.4 Å². The Morgan fingerprint density at radius 3 is 2.81 bits per heavy atom. The molecule has 2 aromatic rings. The normalized spacial score (nSPS) is 14.0. The number of thiophene rings is 1. The molecule has 0 fully saturated rings. The van der Waals surface area contributed by atoms with Crippen molar-refractivity contribution in [1.82, 2.24) is 9.47 Å². The molecule has 0 aromatic carbocycles. The molecule has 1 amide bonds. The number of aryl methyl sites for hydroxylation is 3. The predicted molar refractivity (Wildman–Crippen MR) is 87.2 cm³/mol. The van der Waals surface area contributed by atoms with E-state index in [-0.39, 0.29) is 5.91 Å². The zero-order chi connectivity index (χ0) is 15.0. The molecule has 2 aromatic heterocycles. The standard InChI is InChI=1S/C16H19ClN2OS/c1-18-9-12(17)8-13(18)10-19(2)16(20)15-7-11-5-3-4-6-14(11)21-15/h7-9H,3-6,10H2,1-2H3. The molecule has 1 aliphatic carbocycles. The van der Waals surface area contributed by atoms with Gasteiger partial charge in [0.25, 0.3) is 5.91 Å². The number of hydrogen-bond donors (Lipinski definition) is 0. The van der Waals surface area contributed by atoms with Crippen molar-refractivity contribution in [2.75, 3.05) is 7.05 Å². The Morgan fingerprint density at radius 1 is 1.38 bits per heavy atom. The van der Waals surface area contributed by atoms with Gasteiger partial charge in [0, 0.05) is 30.9 Å². The number of amides is 1. The van der Waals surface area contributed by atoms with Crippen molar-refractivity contribution in [2.45, 2.75) is 32.2 Å². The Labute approximate surface area is 134 Å².